The van der Waals surface area contributed by atoms with Gasteiger partial charge in [0.25, 0.3) is 0 Å². The van der Waals surface area contributed by atoms with E-state index >= 15 is 0 Å². The van der Waals surface area contributed by atoms with Crippen molar-refractivity contribution < 1.29 is 19.7 Å². The summed E-state index contributed by atoms with van der Waals surface area (Å²) in [4.78, 5) is 10.6. The van der Waals surface area contributed by atoms with Crippen molar-refractivity contribution in [2.75, 3.05) is 25.1 Å². The lowest BCUT2D eigenvalue weighted by Gasteiger charge is -2.20. The third kappa shape index (κ3) is 2.89. The summed E-state index contributed by atoms with van der Waals surface area (Å²) in [5.41, 5.74) is -0.994. The highest BCUT2D eigenvalue weighted by Gasteiger charge is 2.31. The highest BCUT2D eigenvalue weighted by molar-refractivity contribution is 5.85. The zero-order chi connectivity index (χ0) is 12.3. The number of nitrogens with one attached hydrogen (secondary N) is 1. The number of ether oxygens (including phenoxy) is 1. The largest absolute Gasteiger partial charge is 0.476 e. The number of rotatable bonds is 4. The first-order valence-corrected chi connectivity index (χ1v) is 5.20. The lowest BCUT2D eigenvalue weighted by Crippen LogP contribution is -2.37. The highest BCUT2D eigenvalue weighted by atomic mass is 16.5. The van der Waals surface area contributed by atoms with Crippen molar-refractivity contribution in [2.24, 2.45) is 0 Å². The molecule has 1 fully saturated rings. The van der Waals surface area contributed by atoms with Gasteiger partial charge in [-0.2, -0.15) is 0 Å². The maximum absolute atomic E-state index is 10.6. The molecule has 1 atom stereocenters. The van der Waals surface area contributed by atoms with Crippen LogP contribution in [0.1, 0.15) is 16.9 Å². The van der Waals surface area contributed by atoms with Crippen LogP contribution in [0.25, 0.3) is 0 Å². The van der Waals surface area contributed by atoms with E-state index in [9.17, 15) is 9.90 Å². The number of aromatic carboxylic acids is 1. The van der Waals surface area contributed by atoms with Gasteiger partial charge in [0.1, 0.15) is 11.4 Å². The van der Waals surface area contributed by atoms with Crippen LogP contribution in [0.15, 0.2) is 12.1 Å². The molecule has 1 aromatic rings. The summed E-state index contributed by atoms with van der Waals surface area (Å²) in [6.45, 7) is 1.14. The minimum atomic E-state index is -1.12. The molecule has 1 unspecified atom stereocenters. The van der Waals surface area contributed by atoms with Crippen LogP contribution in [-0.2, 0) is 4.74 Å². The predicted octanol–water partition coefficient (Wildman–Crippen LogP) is -0.262. The van der Waals surface area contributed by atoms with Crippen molar-refractivity contribution in [1.29, 1.82) is 0 Å². The number of carboxylic acid groups (broad SMARTS) is 1. The molecule has 17 heavy (non-hydrogen) atoms. The molecular weight excluding hydrogens is 226 g/mol. The Labute approximate surface area is 97.4 Å². The second-order valence-electron chi connectivity index (χ2n) is 3.99. The van der Waals surface area contributed by atoms with E-state index < -0.39 is 11.6 Å². The van der Waals surface area contributed by atoms with Crippen molar-refractivity contribution >= 4 is 11.8 Å². The number of carbonyl (C=O) groups is 1. The number of aliphatic hydroxyl groups is 1. The average molecular weight is 239 g/mol. The van der Waals surface area contributed by atoms with E-state index in [0.29, 0.717) is 32.0 Å². The molecule has 0 spiro atoms. The Morgan fingerprint density at radius 3 is 2.88 bits per heavy atom. The van der Waals surface area contributed by atoms with Crippen LogP contribution in [0.5, 0.6) is 0 Å². The fourth-order valence-corrected chi connectivity index (χ4v) is 1.53. The zero-order valence-corrected chi connectivity index (χ0v) is 9.09. The smallest absolute Gasteiger partial charge is 0.356 e. The van der Waals surface area contributed by atoms with Crippen molar-refractivity contribution in [3.63, 3.8) is 0 Å². The molecule has 2 heterocycles. The molecule has 1 aromatic heterocycles. The lowest BCUT2D eigenvalue weighted by molar-refractivity contribution is 0.0381. The Morgan fingerprint density at radius 1 is 1.53 bits per heavy atom. The third-order valence-corrected chi connectivity index (χ3v) is 2.56. The van der Waals surface area contributed by atoms with Gasteiger partial charge in [0, 0.05) is 19.6 Å². The number of aromatic nitrogens is 2. The first-order valence-electron chi connectivity index (χ1n) is 5.20. The summed E-state index contributed by atoms with van der Waals surface area (Å²) in [7, 11) is 0. The topological polar surface area (TPSA) is 105 Å². The minimum Gasteiger partial charge on any atom is -0.476 e. The molecule has 7 nitrogen and oxygen atoms in total. The average Bonchev–Trinajstić information content (AvgIpc) is 2.75. The number of hydrogen-bond donors (Lipinski definition) is 3. The standard InChI is InChI=1S/C10H13N3O4/c14-9(15)7-1-2-8(13-12-7)11-5-10(16)3-4-17-6-10/h1-2,16H,3-6H2,(H,11,13)(H,14,15). The van der Waals surface area contributed by atoms with Gasteiger partial charge in [-0.25, -0.2) is 4.79 Å². The van der Waals surface area contributed by atoms with Crippen LogP contribution in [0.3, 0.4) is 0 Å². The van der Waals surface area contributed by atoms with E-state index in [1.54, 1.807) is 0 Å². The molecule has 3 N–H and O–H groups in total. The number of hydrogen-bond acceptors (Lipinski definition) is 6. The normalized spacial score (nSPS) is 23.6. The highest BCUT2D eigenvalue weighted by Crippen LogP contribution is 2.18. The van der Waals surface area contributed by atoms with E-state index in [1.165, 1.54) is 12.1 Å². The maximum Gasteiger partial charge on any atom is 0.356 e. The number of nitrogens with zero attached hydrogens (tertiary/aromatic N) is 2. The van der Waals surface area contributed by atoms with Gasteiger partial charge >= 0.3 is 5.97 Å². The van der Waals surface area contributed by atoms with Gasteiger partial charge in [-0.3, -0.25) is 0 Å². The molecule has 0 aliphatic carbocycles. The van der Waals surface area contributed by atoms with Crippen molar-refractivity contribution in [1.82, 2.24) is 10.2 Å². The molecule has 1 aliphatic heterocycles. The van der Waals surface area contributed by atoms with Crippen LogP contribution in [0, 0.1) is 0 Å². The molecule has 0 saturated carbocycles. The summed E-state index contributed by atoms with van der Waals surface area (Å²) in [6, 6.07) is 2.86. The van der Waals surface area contributed by atoms with Crippen LogP contribution in [0.4, 0.5) is 5.82 Å². The molecule has 0 amide bonds. The van der Waals surface area contributed by atoms with Crippen molar-refractivity contribution in [3.8, 4) is 0 Å². The van der Waals surface area contributed by atoms with Gasteiger partial charge < -0.3 is 20.3 Å². The first kappa shape index (κ1) is 11.7. The van der Waals surface area contributed by atoms with E-state index in [2.05, 4.69) is 15.5 Å². The van der Waals surface area contributed by atoms with Crippen molar-refractivity contribution in [2.45, 2.75) is 12.0 Å². The second kappa shape index (κ2) is 4.64. The second-order valence-corrected chi connectivity index (χ2v) is 3.99. The van der Waals surface area contributed by atoms with Crippen molar-refractivity contribution in [3.05, 3.63) is 17.8 Å². The first-order chi connectivity index (χ1) is 8.09. The van der Waals surface area contributed by atoms with Gasteiger partial charge in [-0.05, 0) is 12.1 Å². The van der Waals surface area contributed by atoms with Crippen LogP contribution >= 0.6 is 0 Å². The predicted molar refractivity (Wildman–Crippen MR) is 57.9 cm³/mol. The molecule has 0 aromatic carbocycles. The van der Waals surface area contributed by atoms with Gasteiger partial charge in [-0.1, -0.05) is 0 Å². The Bertz CT molecular complexity index is 401. The van der Waals surface area contributed by atoms with E-state index in [4.69, 9.17) is 9.84 Å². The summed E-state index contributed by atoms with van der Waals surface area (Å²) in [5, 5.41) is 28.7. The Hall–Kier alpha value is -1.73. The fraction of sp³-hybridized carbons (Fsp3) is 0.500. The van der Waals surface area contributed by atoms with Gasteiger partial charge in [0.15, 0.2) is 5.69 Å². The monoisotopic (exact) mass is 239 g/mol. The molecule has 7 heteroatoms. The Balaban J connectivity index is 1.93. The summed E-state index contributed by atoms with van der Waals surface area (Å²) < 4.78 is 5.10. The quantitative estimate of drug-likeness (QED) is 0.664. The Kier molecular flexibility index (Phi) is 3.21. The molecule has 2 rings (SSSR count). The van der Waals surface area contributed by atoms with E-state index in [-0.39, 0.29) is 5.69 Å². The fourth-order valence-electron chi connectivity index (χ4n) is 1.53. The molecule has 0 radical (unpaired) electrons. The summed E-state index contributed by atoms with van der Waals surface area (Å²) in [5.74, 6) is -0.692. The zero-order valence-electron chi connectivity index (χ0n) is 9.09. The summed E-state index contributed by atoms with van der Waals surface area (Å²) >= 11 is 0. The van der Waals surface area contributed by atoms with Crippen LogP contribution in [-0.4, -0.2) is 51.7 Å². The van der Waals surface area contributed by atoms with E-state index in [0.717, 1.165) is 0 Å². The molecule has 92 valence electrons. The summed E-state index contributed by atoms with van der Waals surface area (Å²) in [6.07, 6.45) is 0.570. The minimum absolute atomic E-state index is 0.113. The van der Waals surface area contributed by atoms with Crippen LogP contribution in [0.2, 0.25) is 0 Å². The molecule has 1 aliphatic rings. The third-order valence-electron chi connectivity index (χ3n) is 2.56. The maximum atomic E-state index is 10.6. The molecule has 0 bridgehead atoms. The van der Waals surface area contributed by atoms with E-state index in [1.807, 2.05) is 0 Å². The van der Waals surface area contributed by atoms with Crippen LogP contribution < -0.4 is 5.32 Å². The SMILES string of the molecule is O=C(O)c1ccc(NCC2(O)CCOC2)nn1. The molecular formula is C10H13N3O4. The van der Waals surface area contributed by atoms with Gasteiger partial charge in [0.2, 0.25) is 0 Å². The van der Waals surface area contributed by atoms with Gasteiger partial charge in [-0.15, -0.1) is 10.2 Å². The Morgan fingerprint density at radius 2 is 2.35 bits per heavy atom. The number of carboxylic acids is 1. The molecule has 1 saturated heterocycles. The number of anilines is 1. The van der Waals surface area contributed by atoms with Gasteiger partial charge in [0.05, 0.1) is 6.61 Å². The lowest BCUT2D eigenvalue weighted by atomic mass is 10.0.